The zero-order valence-corrected chi connectivity index (χ0v) is 13.0. The Hall–Kier alpha value is -1.77. The number of hydrogen-bond donors (Lipinski definition) is 1. The molecule has 0 spiro atoms. The highest BCUT2D eigenvalue weighted by molar-refractivity contribution is 14.1. The highest BCUT2D eigenvalue weighted by Gasteiger charge is 2.19. The molecule has 7 heteroatoms. The second-order valence-electron chi connectivity index (χ2n) is 4.22. The van der Waals surface area contributed by atoms with Crippen molar-refractivity contribution in [3.63, 3.8) is 0 Å². The van der Waals surface area contributed by atoms with Crippen molar-refractivity contribution in [1.29, 1.82) is 0 Å². The van der Waals surface area contributed by atoms with E-state index in [0.717, 1.165) is 22.1 Å². The largest absolute Gasteiger partial charge is 0.383 e. The van der Waals surface area contributed by atoms with Crippen molar-refractivity contribution < 1.29 is 4.92 Å². The molecule has 0 radical (unpaired) electrons. The van der Waals surface area contributed by atoms with Crippen molar-refractivity contribution in [2.45, 2.75) is 19.8 Å². The molecule has 0 saturated heterocycles. The fourth-order valence-electron chi connectivity index (χ4n) is 1.86. The Balaban J connectivity index is 2.61. The molecule has 1 aromatic carbocycles. The molecule has 2 N–H and O–H groups in total. The number of benzene rings is 1. The van der Waals surface area contributed by atoms with Gasteiger partial charge in [0.25, 0.3) is 5.69 Å². The van der Waals surface area contributed by atoms with E-state index in [2.05, 4.69) is 32.6 Å². The average molecular weight is 384 g/mol. The summed E-state index contributed by atoms with van der Waals surface area (Å²) in [4.78, 5) is 19.3. The first-order valence-corrected chi connectivity index (χ1v) is 7.18. The van der Waals surface area contributed by atoms with Crippen LogP contribution in [0.2, 0.25) is 0 Å². The molecule has 1 aromatic heterocycles. The molecular formula is C13H13IN4O2. The number of anilines is 1. The fraction of sp³-hybridized carbons (Fsp3) is 0.231. The molecule has 0 aliphatic carbocycles. The van der Waals surface area contributed by atoms with E-state index in [1.807, 2.05) is 6.92 Å². The Labute approximate surface area is 129 Å². The number of aromatic nitrogens is 2. The van der Waals surface area contributed by atoms with E-state index < -0.39 is 4.92 Å². The summed E-state index contributed by atoms with van der Waals surface area (Å²) in [6.07, 6.45) is 1.68. The predicted molar refractivity (Wildman–Crippen MR) is 85.2 cm³/mol. The third-order valence-corrected chi connectivity index (χ3v) is 3.95. The van der Waals surface area contributed by atoms with Crippen LogP contribution in [0.1, 0.15) is 19.0 Å². The number of halogens is 1. The third-order valence-electron chi connectivity index (χ3n) is 2.77. The van der Waals surface area contributed by atoms with Crippen molar-refractivity contribution in [3.8, 4) is 11.4 Å². The van der Waals surface area contributed by atoms with Gasteiger partial charge < -0.3 is 5.73 Å². The van der Waals surface area contributed by atoms with Crippen LogP contribution in [-0.4, -0.2) is 14.9 Å². The van der Waals surface area contributed by atoms with Crippen LogP contribution in [0.5, 0.6) is 0 Å². The topological polar surface area (TPSA) is 94.9 Å². The van der Waals surface area contributed by atoms with Crippen LogP contribution < -0.4 is 5.73 Å². The van der Waals surface area contributed by atoms with Gasteiger partial charge in [0.2, 0.25) is 0 Å². The molecule has 2 rings (SSSR count). The third kappa shape index (κ3) is 2.87. The van der Waals surface area contributed by atoms with E-state index in [0.29, 0.717) is 17.2 Å². The van der Waals surface area contributed by atoms with Crippen LogP contribution in [-0.2, 0) is 6.42 Å². The summed E-state index contributed by atoms with van der Waals surface area (Å²) in [6.45, 7) is 2.04. The van der Waals surface area contributed by atoms with Crippen molar-refractivity contribution in [3.05, 3.63) is 43.6 Å². The second-order valence-corrected chi connectivity index (χ2v) is 5.30. The summed E-state index contributed by atoms with van der Waals surface area (Å²) >= 11 is 2.10. The van der Waals surface area contributed by atoms with E-state index in [4.69, 9.17) is 5.73 Å². The van der Waals surface area contributed by atoms with E-state index >= 15 is 0 Å². The Bertz CT molecular complexity index is 661. The summed E-state index contributed by atoms with van der Waals surface area (Å²) in [5.41, 5.74) is 7.08. The molecule has 0 atom stereocenters. The number of nitrogen functional groups attached to an aromatic ring is 1. The van der Waals surface area contributed by atoms with Gasteiger partial charge in [0.1, 0.15) is 5.82 Å². The molecule has 20 heavy (non-hydrogen) atoms. The predicted octanol–water partition coefficient (Wildman–Crippen LogP) is 3.19. The van der Waals surface area contributed by atoms with Crippen LogP contribution in [0, 0.1) is 13.7 Å². The Morgan fingerprint density at radius 2 is 2.05 bits per heavy atom. The monoisotopic (exact) mass is 384 g/mol. The number of nitro benzene ring substituents is 1. The maximum Gasteiger partial charge on any atom is 0.280 e. The average Bonchev–Trinajstić information content (AvgIpc) is 2.43. The van der Waals surface area contributed by atoms with E-state index in [-0.39, 0.29) is 5.69 Å². The Morgan fingerprint density at radius 1 is 1.35 bits per heavy atom. The molecular weight excluding hydrogens is 371 g/mol. The lowest BCUT2D eigenvalue weighted by Gasteiger charge is -2.08. The Morgan fingerprint density at radius 3 is 2.70 bits per heavy atom. The van der Waals surface area contributed by atoms with Gasteiger partial charge in [-0.2, -0.15) is 0 Å². The summed E-state index contributed by atoms with van der Waals surface area (Å²) in [6, 6.07) is 6.41. The number of aryl methyl sites for hydroxylation is 1. The number of rotatable bonds is 4. The quantitative estimate of drug-likeness (QED) is 0.496. The molecule has 104 valence electrons. The number of hydrogen-bond acceptors (Lipinski definition) is 5. The number of nitrogens with two attached hydrogens (primary N) is 1. The fourth-order valence-corrected chi connectivity index (χ4v) is 2.37. The maximum absolute atomic E-state index is 11.1. The standard InChI is InChI=1S/C13H13IN4O2/c1-2-5-9-11(14)12(15)17-13(16-9)8-6-3-4-7-10(8)18(19)20/h3-4,6-7H,2,5H2,1H3,(H2,15,16,17). The minimum Gasteiger partial charge on any atom is -0.383 e. The first kappa shape index (κ1) is 14.6. The molecule has 2 aromatic rings. The molecule has 0 amide bonds. The second kappa shape index (κ2) is 6.12. The number of nitrogens with zero attached hydrogens (tertiary/aromatic N) is 3. The van der Waals surface area contributed by atoms with Gasteiger partial charge in [-0.05, 0) is 35.1 Å². The SMILES string of the molecule is CCCc1nc(-c2ccccc2[N+](=O)[O-])nc(N)c1I. The van der Waals surface area contributed by atoms with Crippen molar-refractivity contribution >= 4 is 34.1 Å². The highest BCUT2D eigenvalue weighted by atomic mass is 127. The summed E-state index contributed by atoms with van der Waals surface area (Å²) in [5.74, 6) is 0.663. The highest BCUT2D eigenvalue weighted by Crippen LogP contribution is 2.29. The maximum atomic E-state index is 11.1. The van der Waals surface area contributed by atoms with Gasteiger partial charge in [-0.15, -0.1) is 0 Å². The number of para-hydroxylation sites is 1. The van der Waals surface area contributed by atoms with Gasteiger partial charge in [-0.25, -0.2) is 9.97 Å². The van der Waals surface area contributed by atoms with Crippen LogP contribution in [0.4, 0.5) is 11.5 Å². The zero-order chi connectivity index (χ0) is 14.7. The molecule has 0 fully saturated rings. The van der Waals surface area contributed by atoms with Crippen LogP contribution in [0.25, 0.3) is 11.4 Å². The van der Waals surface area contributed by atoms with Gasteiger partial charge >= 0.3 is 0 Å². The zero-order valence-electron chi connectivity index (χ0n) is 10.8. The lowest BCUT2D eigenvalue weighted by atomic mass is 10.1. The first-order valence-electron chi connectivity index (χ1n) is 6.10. The molecule has 1 heterocycles. The van der Waals surface area contributed by atoms with E-state index in [9.17, 15) is 10.1 Å². The normalized spacial score (nSPS) is 10.5. The van der Waals surface area contributed by atoms with Crippen LogP contribution in [0.15, 0.2) is 24.3 Å². The minimum absolute atomic E-state index is 0.0180. The summed E-state index contributed by atoms with van der Waals surface area (Å²) in [7, 11) is 0. The van der Waals surface area contributed by atoms with Crippen LogP contribution in [0.3, 0.4) is 0 Å². The van der Waals surface area contributed by atoms with Gasteiger partial charge in [0, 0.05) is 6.07 Å². The molecule has 0 bridgehead atoms. The van der Waals surface area contributed by atoms with Crippen molar-refractivity contribution in [2.24, 2.45) is 0 Å². The lowest BCUT2D eigenvalue weighted by molar-refractivity contribution is -0.384. The summed E-state index contributed by atoms with van der Waals surface area (Å²) < 4.78 is 0.812. The Kier molecular flexibility index (Phi) is 4.48. The molecule has 6 nitrogen and oxygen atoms in total. The lowest BCUT2D eigenvalue weighted by Crippen LogP contribution is -2.06. The van der Waals surface area contributed by atoms with E-state index in [1.54, 1.807) is 18.2 Å². The van der Waals surface area contributed by atoms with E-state index in [1.165, 1.54) is 6.07 Å². The van der Waals surface area contributed by atoms with Gasteiger partial charge in [-0.1, -0.05) is 25.5 Å². The van der Waals surface area contributed by atoms with Crippen molar-refractivity contribution in [2.75, 3.05) is 5.73 Å². The van der Waals surface area contributed by atoms with Crippen LogP contribution >= 0.6 is 22.6 Å². The smallest absolute Gasteiger partial charge is 0.280 e. The minimum atomic E-state index is -0.438. The molecule has 0 unspecified atom stereocenters. The molecule has 0 saturated carbocycles. The number of nitro groups is 1. The van der Waals surface area contributed by atoms with Gasteiger partial charge in [0.05, 0.1) is 19.8 Å². The first-order chi connectivity index (χ1) is 9.54. The van der Waals surface area contributed by atoms with Gasteiger partial charge in [0.15, 0.2) is 5.82 Å². The molecule has 0 aliphatic heterocycles. The van der Waals surface area contributed by atoms with Gasteiger partial charge in [-0.3, -0.25) is 10.1 Å². The molecule has 0 aliphatic rings. The summed E-state index contributed by atoms with van der Waals surface area (Å²) in [5, 5.41) is 11.1. The van der Waals surface area contributed by atoms with Crippen molar-refractivity contribution in [1.82, 2.24) is 9.97 Å².